The van der Waals surface area contributed by atoms with Crippen molar-refractivity contribution in [1.29, 1.82) is 0 Å². The van der Waals surface area contributed by atoms with E-state index in [9.17, 15) is 13.2 Å². The highest BCUT2D eigenvalue weighted by molar-refractivity contribution is 7.92. The van der Waals surface area contributed by atoms with Crippen LogP contribution in [-0.2, 0) is 16.4 Å². The first kappa shape index (κ1) is 19.4. The topological polar surface area (TPSA) is 79.4 Å². The molecular formula is C21H18ClN3O3S. The monoisotopic (exact) mass is 427 g/mol. The number of halogens is 1. The van der Waals surface area contributed by atoms with E-state index < -0.39 is 15.9 Å². The highest BCUT2D eigenvalue weighted by Crippen LogP contribution is 2.36. The molecule has 6 nitrogen and oxygen atoms in total. The first-order valence-electron chi connectivity index (χ1n) is 9.01. The number of sulfonamides is 1. The van der Waals surface area contributed by atoms with Crippen molar-refractivity contribution in [3.05, 3.63) is 83.0 Å². The van der Waals surface area contributed by atoms with E-state index in [-0.39, 0.29) is 16.5 Å². The van der Waals surface area contributed by atoms with Crippen molar-refractivity contribution < 1.29 is 13.2 Å². The molecule has 1 aliphatic rings. The van der Waals surface area contributed by atoms with E-state index >= 15 is 0 Å². The van der Waals surface area contributed by atoms with Gasteiger partial charge in [0.25, 0.3) is 15.9 Å². The Balaban J connectivity index is 1.64. The van der Waals surface area contributed by atoms with Crippen LogP contribution >= 0.6 is 11.6 Å². The summed E-state index contributed by atoms with van der Waals surface area (Å²) in [5.74, 6) is -0.124. The second-order valence-electron chi connectivity index (χ2n) is 6.83. The number of fused-ring (bicyclic) bond motifs is 1. The van der Waals surface area contributed by atoms with Gasteiger partial charge in [0.05, 0.1) is 15.6 Å². The van der Waals surface area contributed by atoms with Crippen molar-refractivity contribution in [3.8, 4) is 0 Å². The average molecular weight is 428 g/mol. The van der Waals surface area contributed by atoms with Crippen molar-refractivity contribution >= 4 is 39.0 Å². The molecule has 2 heterocycles. The van der Waals surface area contributed by atoms with Gasteiger partial charge in [0.1, 0.15) is 5.82 Å². The van der Waals surface area contributed by atoms with Gasteiger partial charge >= 0.3 is 0 Å². The molecule has 1 N–H and O–H groups in total. The highest BCUT2D eigenvalue weighted by Gasteiger charge is 2.36. The molecule has 2 aromatic carbocycles. The molecule has 0 fully saturated rings. The number of carbonyl (C=O) groups is 1. The molecule has 1 amide bonds. The number of rotatable bonds is 4. The maximum absolute atomic E-state index is 13.3. The molecule has 1 aliphatic heterocycles. The largest absolute Gasteiger partial charge is 0.307 e. The predicted molar refractivity (Wildman–Crippen MR) is 113 cm³/mol. The Hall–Kier alpha value is -2.90. The van der Waals surface area contributed by atoms with E-state index in [4.69, 9.17) is 11.6 Å². The lowest BCUT2D eigenvalue weighted by Crippen LogP contribution is -2.35. The number of carbonyl (C=O) groups excluding carboxylic acids is 1. The van der Waals surface area contributed by atoms with Gasteiger partial charge in [0.2, 0.25) is 0 Å². The van der Waals surface area contributed by atoms with Gasteiger partial charge in [-0.25, -0.2) is 13.4 Å². The van der Waals surface area contributed by atoms with Crippen LogP contribution in [0.2, 0.25) is 5.02 Å². The molecular weight excluding hydrogens is 410 g/mol. The van der Waals surface area contributed by atoms with Gasteiger partial charge in [-0.05, 0) is 55.3 Å². The second-order valence-corrected chi connectivity index (χ2v) is 9.08. The Morgan fingerprint density at radius 1 is 1.14 bits per heavy atom. The molecule has 3 aromatic rings. The predicted octanol–water partition coefficient (Wildman–Crippen LogP) is 4.13. The number of benzene rings is 2. The number of aromatic nitrogens is 1. The Morgan fingerprint density at radius 2 is 1.93 bits per heavy atom. The summed E-state index contributed by atoms with van der Waals surface area (Å²) in [6, 6.07) is 16.4. The van der Waals surface area contributed by atoms with Crippen LogP contribution in [0.25, 0.3) is 0 Å². The molecule has 0 radical (unpaired) electrons. The quantitative estimate of drug-likeness (QED) is 0.679. The minimum Gasteiger partial charge on any atom is -0.307 e. The number of anilines is 2. The van der Waals surface area contributed by atoms with Gasteiger partial charge in [0, 0.05) is 17.8 Å². The van der Waals surface area contributed by atoms with Crippen LogP contribution in [0, 0.1) is 0 Å². The summed E-state index contributed by atoms with van der Waals surface area (Å²) >= 11 is 5.80. The van der Waals surface area contributed by atoms with Crippen LogP contribution < -0.4 is 9.62 Å². The fourth-order valence-corrected chi connectivity index (χ4v) is 5.30. The Bertz CT molecular complexity index is 1180. The summed E-state index contributed by atoms with van der Waals surface area (Å²) in [5, 5.41) is 3.10. The molecule has 1 aromatic heterocycles. The fraction of sp³-hybridized carbons (Fsp3) is 0.143. The summed E-state index contributed by atoms with van der Waals surface area (Å²) in [5.41, 5.74) is 1.90. The van der Waals surface area contributed by atoms with E-state index in [1.165, 1.54) is 22.6 Å². The van der Waals surface area contributed by atoms with Crippen molar-refractivity contribution in [2.24, 2.45) is 0 Å². The maximum atomic E-state index is 13.3. The van der Waals surface area contributed by atoms with Crippen LogP contribution in [0.3, 0.4) is 0 Å². The number of amides is 1. The van der Waals surface area contributed by atoms with E-state index in [1.807, 2.05) is 25.1 Å². The number of pyridine rings is 1. The van der Waals surface area contributed by atoms with Gasteiger partial charge in [-0.1, -0.05) is 35.9 Å². The van der Waals surface area contributed by atoms with Crippen LogP contribution in [0.15, 0.2) is 71.8 Å². The third-order valence-electron chi connectivity index (χ3n) is 4.77. The van der Waals surface area contributed by atoms with E-state index in [2.05, 4.69) is 10.3 Å². The maximum Gasteiger partial charge on any atom is 0.264 e. The third kappa shape index (κ3) is 3.71. The first-order chi connectivity index (χ1) is 13.9. The number of nitrogens with zero attached hydrogens (tertiary/aromatic N) is 2. The van der Waals surface area contributed by atoms with Crippen LogP contribution in [0.4, 0.5) is 11.5 Å². The van der Waals surface area contributed by atoms with Crippen molar-refractivity contribution in [1.82, 2.24) is 4.98 Å². The Labute approximate surface area is 174 Å². The molecule has 0 bridgehead atoms. The van der Waals surface area contributed by atoms with Crippen molar-refractivity contribution in [2.75, 3.05) is 9.62 Å². The van der Waals surface area contributed by atoms with Crippen molar-refractivity contribution in [3.63, 3.8) is 0 Å². The lowest BCUT2D eigenvalue weighted by molar-refractivity contribution is 0.102. The van der Waals surface area contributed by atoms with Crippen LogP contribution in [0.5, 0.6) is 0 Å². The molecule has 0 saturated heterocycles. The summed E-state index contributed by atoms with van der Waals surface area (Å²) < 4.78 is 28.1. The van der Waals surface area contributed by atoms with Crippen LogP contribution in [0.1, 0.15) is 22.8 Å². The van der Waals surface area contributed by atoms with E-state index in [0.29, 0.717) is 22.9 Å². The molecule has 8 heteroatoms. The van der Waals surface area contributed by atoms with Crippen molar-refractivity contribution in [2.45, 2.75) is 24.3 Å². The number of hydrogen-bond donors (Lipinski definition) is 1. The first-order valence-corrected chi connectivity index (χ1v) is 10.8. The zero-order chi connectivity index (χ0) is 20.6. The summed E-state index contributed by atoms with van der Waals surface area (Å²) in [6.45, 7) is 1.88. The van der Waals surface area contributed by atoms with Gasteiger partial charge in [-0.15, -0.1) is 0 Å². The Morgan fingerprint density at radius 3 is 2.69 bits per heavy atom. The molecule has 1 atom stereocenters. The minimum absolute atomic E-state index is 0.0674. The lowest BCUT2D eigenvalue weighted by atomic mass is 10.1. The van der Waals surface area contributed by atoms with E-state index in [0.717, 1.165) is 5.56 Å². The summed E-state index contributed by atoms with van der Waals surface area (Å²) in [7, 11) is -3.82. The molecule has 148 valence electrons. The molecule has 0 saturated carbocycles. The third-order valence-corrected chi connectivity index (χ3v) is 6.91. The minimum atomic E-state index is -3.82. The smallest absolute Gasteiger partial charge is 0.264 e. The number of nitrogens with one attached hydrogen (secondary N) is 1. The van der Waals surface area contributed by atoms with Gasteiger partial charge < -0.3 is 5.32 Å². The Kier molecular flexibility index (Phi) is 5.02. The zero-order valence-electron chi connectivity index (χ0n) is 15.5. The van der Waals surface area contributed by atoms with Gasteiger partial charge in [-0.3, -0.25) is 9.10 Å². The second kappa shape index (κ2) is 7.50. The average Bonchev–Trinajstić information content (AvgIpc) is 3.06. The SMILES string of the molecule is CC1Cc2ccccc2N1S(=O)(=O)c1cccc(C(=O)Nc2ccc(Cl)cn2)c1. The molecule has 4 rings (SSSR count). The molecule has 29 heavy (non-hydrogen) atoms. The number of hydrogen-bond acceptors (Lipinski definition) is 4. The van der Waals surface area contributed by atoms with Gasteiger partial charge in [-0.2, -0.15) is 0 Å². The summed E-state index contributed by atoms with van der Waals surface area (Å²) in [4.78, 5) is 16.7. The lowest BCUT2D eigenvalue weighted by Gasteiger charge is -2.24. The molecule has 0 aliphatic carbocycles. The normalized spacial score (nSPS) is 15.8. The van der Waals surface area contributed by atoms with E-state index in [1.54, 1.807) is 30.3 Å². The highest BCUT2D eigenvalue weighted by atomic mass is 35.5. The zero-order valence-corrected chi connectivity index (χ0v) is 17.1. The van der Waals surface area contributed by atoms with Gasteiger partial charge in [0.15, 0.2) is 0 Å². The fourth-order valence-electron chi connectivity index (χ4n) is 3.45. The summed E-state index contributed by atoms with van der Waals surface area (Å²) in [6.07, 6.45) is 2.07. The number of para-hydroxylation sites is 1. The van der Waals surface area contributed by atoms with Crippen LogP contribution in [-0.4, -0.2) is 25.4 Å². The standard InChI is InChI=1S/C21H18ClN3O3S/c1-14-11-15-5-2-3-8-19(15)25(14)29(27,28)18-7-4-6-16(12-18)21(26)24-20-10-9-17(22)13-23-20/h2-10,12-14H,11H2,1H3,(H,23,24,26). The molecule has 1 unspecified atom stereocenters. The molecule has 0 spiro atoms.